The van der Waals surface area contributed by atoms with E-state index in [0.29, 0.717) is 6.42 Å². The molecule has 18 heavy (non-hydrogen) atoms. The predicted octanol–water partition coefficient (Wildman–Crippen LogP) is 3.72. The van der Waals surface area contributed by atoms with Crippen LogP contribution in [-0.2, 0) is 6.42 Å². The molecule has 1 nitrogen and oxygen atoms in total. The maximum absolute atomic E-state index is 13.0. The zero-order chi connectivity index (χ0) is 13.1. The van der Waals surface area contributed by atoms with Gasteiger partial charge < -0.3 is 5.11 Å². The third-order valence-electron chi connectivity index (χ3n) is 3.27. The molecule has 0 aliphatic carbocycles. The highest BCUT2D eigenvalue weighted by Gasteiger charge is 2.12. The third kappa shape index (κ3) is 2.77. The van der Waals surface area contributed by atoms with Crippen molar-refractivity contribution in [2.45, 2.75) is 26.4 Å². The summed E-state index contributed by atoms with van der Waals surface area (Å²) in [5.74, 6) is -0.264. The molecule has 0 aromatic heterocycles. The molecular formula is C16H17FO. The molecule has 0 bridgehead atoms. The Hall–Kier alpha value is -1.67. The van der Waals surface area contributed by atoms with Crippen molar-refractivity contribution < 1.29 is 9.50 Å². The summed E-state index contributed by atoms with van der Waals surface area (Å²) in [6.07, 6.45) is -0.0363. The zero-order valence-corrected chi connectivity index (χ0v) is 10.7. The van der Waals surface area contributed by atoms with Crippen LogP contribution in [0.2, 0.25) is 0 Å². The Bertz CT molecular complexity index is 549. The molecule has 1 unspecified atom stereocenters. The lowest BCUT2D eigenvalue weighted by Gasteiger charge is -2.15. The summed E-state index contributed by atoms with van der Waals surface area (Å²) in [7, 11) is 0. The molecule has 0 saturated heterocycles. The van der Waals surface area contributed by atoms with Crippen LogP contribution in [0, 0.1) is 19.7 Å². The molecule has 2 heteroatoms. The number of benzene rings is 2. The molecule has 2 rings (SSSR count). The summed E-state index contributed by atoms with van der Waals surface area (Å²) in [5, 5.41) is 10.2. The first-order valence-corrected chi connectivity index (χ1v) is 6.06. The van der Waals surface area contributed by atoms with Gasteiger partial charge in [0.2, 0.25) is 0 Å². The number of hydrogen-bond donors (Lipinski definition) is 1. The van der Waals surface area contributed by atoms with E-state index in [-0.39, 0.29) is 5.82 Å². The van der Waals surface area contributed by atoms with Gasteiger partial charge in [-0.05, 0) is 48.2 Å². The number of rotatable bonds is 3. The largest absolute Gasteiger partial charge is 0.388 e. The highest BCUT2D eigenvalue weighted by atomic mass is 19.1. The van der Waals surface area contributed by atoms with Gasteiger partial charge in [-0.25, -0.2) is 4.39 Å². The molecule has 2 aromatic carbocycles. The Balaban J connectivity index is 2.22. The second-order valence-corrected chi connectivity index (χ2v) is 4.65. The van der Waals surface area contributed by atoms with E-state index in [2.05, 4.69) is 0 Å². The molecule has 0 spiro atoms. The number of aryl methyl sites for hydroxylation is 2. The minimum atomic E-state index is -0.591. The van der Waals surface area contributed by atoms with E-state index >= 15 is 0 Å². The lowest BCUT2D eigenvalue weighted by molar-refractivity contribution is 0.177. The average molecular weight is 244 g/mol. The first kappa shape index (κ1) is 12.8. The van der Waals surface area contributed by atoms with Crippen LogP contribution in [0.4, 0.5) is 4.39 Å². The molecule has 0 fully saturated rings. The van der Waals surface area contributed by atoms with Gasteiger partial charge >= 0.3 is 0 Å². The highest BCUT2D eigenvalue weighted by molar-refractivity contribution is 5.32. The Morgan fingerprint density at radius 1 is 1.06 bits per heavy atom. The number of halogens is 1. The van der Waals surface area contributed by atoms with Gasteiger partial charge in [0, 0.05) is 6.42 Å². The van der Waals surface area contributed by atoms with Crippen molar-refractivity contribution in [2.75, 3.05) is 0 Å². The quantitative estimate of drug-likeness (QED) is 0.872. The average Bonchev–Trinajstić information content (AvgIpc) is 2.32. The van der Waals surface area contributed by atoms with Crippen LogP contribution in [0.15, 0.2) is 42.5 Å². The van der Waals surface area contributed by atoms with Crippen molar-refractivity contribution in [3.05, 3.63) is 70.5 Å². The Morgan fingerprint density at radius 2 is 1.78 bits per heavy atom. The van der Waals surface area contributed by atoms with Gasteiger partial charge in [-0.15, -0.1) is 0 Å². The Labute approximate surface area is 107 Å². The standard InChI is InChI=1S/C16H17FO/c1-11-5-3-4-6-13(11)10-16(18)15-8-7-14(17)9-12(15)2/h3-9,16,18H,10H2,1-2H3. The first-order chi connectivity index (χ1) is 8.58. The summed E-state index contributed by atoms with van der Waals surface area (Å²) >= 11 is 0. The SMILES string of the molecule is Cc1ccccc1CC(O)c1ccc(F)cc1C. The third-order valence-corrected chi connectivity index (χ3v) is 3.27. The van der Waals surface area contributed by atoms with Crippen molar-refractivity contribution in [3.63, 3.8) is 0 Å². The van der Waals surface area contributed by atoms with E-state index in [9.17, 15) is 9.50 Å². The zero-order valence-electron chi connectivity index (χ0n) is 10.7. The number of aliphatic hydroxyl groups excluding tert-OH is 1. The minimum absolute atomic E-state index is 0.264. The molecule has 0 heterocycles. The summed E-state index contributed by atoms with van der Waals surface area (Å²) in [6.45, 7) is 3.85. The number of hydrogen-bond acceptors (Lipinski definition) is 1. The lowest BCUT2D eigenvalue weighted by Crippen LogP contribution is -2.05. The molecular weight excluding hydrogens is 227 g/mol. The van der Waals surface area contributed by atoms with Gasteiger partial charge in [0.15, 0.2) is 0 Å². The van der Waals surface area contributed by atoms with Gasteiger partial charge in [-0.3, -0.25) is 0 Å². The second-order valence-electron chi connectivity index (χ2n) is 4.65. The van der Waals surface area contributed by atoms with Crippen LogP contribution in [-0.4, -0.2) is 5.11 Å². The van der Waals surface area contributed by atoms with E-state index in [1.54, 1.807) is 6.07 Å². The van der Waals surface area contributed by atoms with Gasteiger partial charge in [0.05, 0.1) is 6.10 Å². The fourth-order valence-corrected chi connectivity index (χ4v) is 2.17. The monoisotopic (exact) mass is 244 g/mol. The topological polar surface area (TPSA) is 20.2 Å². The summed E-state index contributed by atoms with van der Waals surface area (Å²) < 4.78 is 13.0. The second kappa shape index (κ2) is 5.32. The van der Waals surface area contributed by atoms with E-state index in [4.69, 9.17) is 0 Å². The van der Waals surface area contributed by atoms with Crippen molar-refractivity contribution >= 4 is 0 Å². The van der Waals surface area contributed by atoms with Gasteiger partial charge in [0.1, 0.15) is 5.82 Å². The fraction of sp³-hybridized carbons (Fsp3) is 0.250. The smallest absolute Gasteiger partial charge is 0.123 e. The molecule has 2 aromatic rings. The van der Waals surface area contributed by atoms with E-state index in [1.807, 2.05) is 38.1 Å². The summed E-state index contributed by atoms with van der Waals surface area (Å²) in [4.78, 5) is 0. The summed E-state index contributed by atoms with van der Waals surface area (Å²) in [6, 6.07) is 12.5. The molecule has 0 saturated carbocycles. The maximum atomic E-state index is 13.0. The van der Waals surface area contributed by atoms with Gasteiger partial charge in [-0.1, -0.05) is 30.3 Å². The normalized spacial score (nSPS) is 12.4. The molecule has 0 radical (unpaired) electrons. The summed E-state index contributed by atoms with van der Waals surface area (Å²) in [5.41, 5.74) is 3.86. The highest BCUT2D eigenvalue weighted by Crippen LogP contribution is 2.23. The van der Waals surface area contributed by atoms with Crippen molar-refractivity contribution in [2.24, 2.45) is 0 Å². The van der Waals surface area contributed by atoms with Crippen LogP contribution in [0.3, 0.4) is 0 Å². The molecule has 0 aliphatic rings. The van der Waals surface area contributed by atoms with Crippen molar-refractivity contribution in [1.29, 1.82) is 0 Å². The van der Waals surface area contributed by atoms with E-state index < -0.39 is 6.10 Å². The van der Waals surface area contributed by atoms with Crippen molar-refractivity contribution in [1.82, 2.24) is 0 Å². The van der Waals surface area contributed by atoms with E-state index in [0.717, 1.165) is 22.3 Å². The Morgan fingerprint density at radius 3 is 2.44 bits per heavy atom. The van der Waals surface area contributed by atoms with Gasteiger partial charge in [-0.2, -0.15) is 0 Å². The van der Waals surface area contributed by atoms with Gasteiger partial charge in [0.25, 0.3) is 0 Å². The molecule has 0 amide bonds. The molecule has 1 N–H and O–H groups in total. The fourth-order valence-electron chi connectivity index (χ4n) is 2.17. The van der Waals surface area contributed by atoms with E-state index in [1.165, 1.54) is 12.1 Å². The lowest BCUT2D eigenvalue weighted by atomic mass is 9.95. The van der Waals surface area contributed by atoms with Crippen LogP contribution < -0.4 is 0 Å². The molecule has 0 aliphatic heterocycles. The maximum Gasteiger partial charge on any atom is 0.123 e. The number of aliphatic hydroxyl groups is 1. The first-order valence-electron chi connectivity index (χ1n) is 6.06. The molecule has 94 valence electrons. The van der Waals surface area contributed by atoms with Crippen LogP contribution >= 0.6 is 0 Å². The molecule has 1 atom stereocenters. The van der Waals surface area contributed by atoms with Crippen molar-refractivity contribution in [3.8, 4) is 0 Å². The van der Waals surface area contributed by atoms with Crippen LogP contribution in [0.25, 0.3) is 0 Å². The predicted molar refractivity (Wildman–Crippen MR) is 71.0 cm³/mol. The Kier molecular flexibility index (Phi) is 3.78. The minimum Gasteiger partial charge on any atom is -0.388 e. The van der Waals surface area contributed by atoms with Crippen LogP contribution in [0.1, 0.15) is 28.4 Å². The van der Waals surface area contributed by atoms with Crippen LogP contribution in [0.5, 0.6) is 0 Å².